The average Bonchev–Trinajstić information content (AvgIpc) is 2.76. The summed E-state index contributed by atoms with van der Waals surface area (Å²) < 4.78 is 5.22. The first-order chi connectivity index (χ1) is 10.0. The van der Waals surface area contributed by atoms with Gasteiger partial charge in [0.05, 0.1) is 0 Å². The zero-order valence-electron chi connectivity index (χ0n) is 12.3. The van der Waals surface area contributed by atoms with E-state index in [1.807, 2.05) is 0 Å². The summed E-state index contributed by atoms with van der Waals surface area (Å²) in [5.74, 6) is -0.627. The molecule has 0 aliphatic rings. The molecule has 2 aromatic rings. The highest BCUT2D eigenvalue weighted by atomic mass is 32.1. The first kappa shape index (κ1) is 15.7. The molecule has 6 heteroatoms. The molecule has 114 valence electrons. The second-order valence-electron chi connectivity index (χ2n) is 5.10. The second-order valence-corrected chi connectivity index (χ2v) is 6.10. The summed E-state index contributed by atoms with van der Waals surface area (Å²) in [5.41, 5.74) is -0.0388. The minimum Gasteiger partial charge on any atom is -0.477 e. The Morgan fingerprint density at radius 1 is 1.29 bits per heavy atom. The molecule has 0 spiro atoms. The Hall–Kier alpha value is -1.69. The molecule has 0 bridgehead atoms. The molecule has 1 N–H and O–H groups in total. The van der Waals surface area contributed by atoms with Crippen LogP contribution in [0.4, 0.5) is 0 Å². The summed E-state index contributed by atoms with van der Waals surface area (Å²) in [5, 5.41) is 9.40. The van der Waals surface area contributed by atoms with Gasteiger partial charge in [0, 0.05) is 6.42 Å². The molecule has 2 rings (SSSR count). The van der Waals surface area contributed by atoms with Crippen LogP contribution in [0.2, 0.25) is 0 Å². The van der Waals surface area contributed by atoms with Gasteiger partial charge in [-0.25, -0.2) is 14.6 Å². The summed E-state index contributed by atoms with van der Waals surface area (Å²) in [6.45, 7) is 3.78. The van der Waals surface area contributed by atoms with Crippen LogP contribution in [0.15, 0.2) is 9.21 Å². The monoisotopic (exact) mass is 309 g/mol. The van der Waals surface area contributed by atoms with Crippen molar-refractivity contribution in [2.75, 3.05) is 0 Å². The van der Waals surface area contributed by atoms with Gasteiger partial charge in [-0.3, -0.25) is 0 Å². The number of hydrogen-bond donors (Lipinski definition) is 1. The number of fused-ring (bicyclic) bond motifs is 1. The smallest absolute Gasteiger partial charge is 0.348 e. The molecule has 0 radical (unpaired) electrons. The third-order valence-electron chi connectivity index (χ3n) is 3.46. The predicted octanol–water partition coefficient (Wildman–Crippen LogP) is 3.77. The van der Waals surface area contributed by atoms with Crippen LogP contribution in [-0.2, 0) is 6.42 Å². The second kappa shape index (κ2) is 6.85. The third-order valence-corrected chi connectivity index (χ3v) is 4.63. The Morgan fingerprint density at radius 3 is 2.67 bits per heavy atom. The van der Waals surface area contributed by atoms with E-state index in [2.05, 4.69) is 11.9 Å². The first-order valence-corrected chi connectivity index (χ1v) is 8.02. The molecule has 2 heterocycles. The highest BCUT2D eigenvalue weighted by molar-refractivity contribution is 7.20. The van der Waals surface area contributed by atoms with Crippen molar-refractivity contribution in [3.63, 3.8) is 0 Å². The molecule has 0 unspecified atom stereocenters. The van der Waals surface area contributed by atoms with Crippen LogP contribution in [-0.4, -0.2) is 16.1 Å². The number of carbonyl (C=O) groups is 1. The van der Waals surface area contributed by atoms with Crippen LogP contribution in [0.5, 0.6) is 0 Å². The quantitative estimate of drug-likeness (QED) is 0.787. The van der Waals surface area contributed by atoms with E-state index in [9.17, 15) is 9.59 Å². The molecule has 2 aromatic heterocycles. The lowest BCUT2D eigenvalue weighted by molar-refractivity contribution is 0.0701. The van der Waals surface area contributed by atoms with Gasteiger partial charge < -0.3 is 9.52 Å². The van der Waals surface area contributed by atoms with Crippen molar-refractivity contribution < 1.29 is 14.3 Å². The fraction of sp³-hybridized carbons (Fsp3) is 0.533. The number of thiophene rings is 1. The standard InChI is InChI=1S/C15H19NO4S/c1-3-4-5-6-7-8-10-16-13-11(15(19)20-10)9(2)12(21-13)14(17)18/h3-8H2,1-2H3,(H,17,18). The van der Waals surface area contributed by atoms with Gasteiger partial charge in [0.25, 0.3) is 0 Å². The van der Waals surface area contributed by atoms with E-state index in [0.717, 1.165) is 24.2 Å². The first-order valence-electron chi connectivity index (χ1n) is 7.21. The fourth-order valence-corrected chi connectivity index (χ4v) is 3.32. The number of aromatic carboxylic acids is 1. The largest absolute Gasteiger partial charge is 0.477 e. The van der Waals surface area contributed by atoms with Crippen molar-refractivity contribution in [2.45, 2.75) is 52.4 Å². The number of nitrogens with zero attached hydrogens (tertiary/aromatic N) is 1. The number of unbranched alkanes of at least 4 members (excludes halogenated alkanes) is 4. The summed E-state index contributed by atoms with van der Waals surface area (Å²) in [6, 6.07) is 0. The molecular weight excluding hydrogens is 290 g/mol. The summed E-state index contributed by atoms with van der Waals surface area (Å²) in [7, 11) is 0. The Kier molecular flexibility index (Phi) is 5.12. The van der Waals surface area contributed by atoms with Gasteiger partial charge >= 0.3 is 11.6 Å². The van der Waals surface area contributed by atoms with Crippen molar-refractivity contribution in [2.24, 2.45) is 0 Å². The van der Waals surface area contributed by atoms with E-state index in [1.54, 1.807) is 6.92 Å². The van der Waals surface area contributed by atoms with Crippen molar-refractivity contribution >= 4 is 27.5 Å². The fourth-order valence-electron chi connectivity index (χ4n) is 2.30. The predicted molar refractivity (Wildman–Crippen MR) is 82.3 cm³/mol. The summed E-state index contributed by atoms with van der Waals surface area (Å²) in [4.78, 5) is 28.0. The molecule has 0 saturated carbocycles. The highest BCUT2D eigenvalue weighted by Crippen LogP contribution is 2.27. The number of hydrogen-bond acceptors (Lipinski definition) is 5. The SMILES string of the molecule is CCCCCCCc1nc2sc(C(=O)O)c(C)c2c(=O)o1. The Balaban J connectivity index is 2.20. The third kappa shape index (κ3) is 3.50. The lowest BCUT2D eigenvalue weighted by atomic mass is 10.1. The molecular formula is C15H19NO4S. The van der Waals surface area contributed by atoms with Gasteiger partial charge in [0.15, 0.2) is 5.89 Å². The molecule has 0 aromatic carbocycles. The minimum absolute atomic E-state index is 0.157. The lowest BCUT2D eigenvalue weighted by Gasteiger charge is -2.00. The molecule has 0 fully saturated rings. The summed E-state index contributed by atoms with van der Waals surface area (Å²) in [6.07, 6.45) is 6.20. The zero-order valence-corrected chi connectivity index (χ0v) is 13.1. The number of aryl methyl sites for hydroxylation is 2. The van der Waals surface area contributed by atoms with E-state index in [1.165, 1.54) is 19.3 Å². The molecule has 0 amide bonds. The van der Waals surface area contributed by atoms with Crippen molar-refractivity contribution in [1.29, 1.82) is 0 Å². The van der Waals surface area contributed by atoms with Crippen molar-refractivity contribution in [1.82, 2.24) is 4.98 Å². The van der Waals surface area contributed by atoms with Gasteiger partial charge in [-0.15, -0.1) is 11.3 Å². The molecule has 0 saturated heterocycles. The number of carboxylic acid groups (broad SMARTS) is 1. The van der Waals surface area contributed by atoms with Gasteiger partial charge in [-0.2, -0.15) is 0 Å². The Labute approximate surface area is 126 Å². The van der Waals surface area contributed by atoms with Gasteiger partial charge in [0.2, 0.25) is 0 Å². The molecule has 0 atom stereocenters. The number of rotatable bonds is 7. The number of aromatic nitrogens is 1. The van der Waals surface area contributed by atoms with Crippen LogP contribution < -0.4 is 5.63 Å². The van der Waals surface area contributed by atoms with Gasteiger partial charge in [0.1, 0.15) is 15.1 Å². The molecule has 5 nitrogen and oxygen atoms in total. The topological polar surface area (TPSA) is 80.4 Å². The van der Waals surface area contributed by atoms with E-state index in [4.69, 9.17) is 9.52 Å². The van der Waals surface area contributed by atoms with E-state index in [0.29, 0.717) is 28.1 Å². The summed E-state index contributed by atoms with van der Waals surface area (Å²) >= 11 is 1.04. The Bertz CT molecular complexity index is 701. The maximum Gasteiger partial charge on any atom is 0.348 e. The van der Waals surface area contributed by atoms with Crippen LogP contribution in [0.25, 0.3) is 10.2 Å². The van der Waals surface area contributed by atoms with Crippen LogP contribution in [0.1, 0.15) is 60.2 Å². The number of carboxylic acids is 1. The van der Waals surface area contributed by atoms with E-state index < -0.39 is 11.6 Å². The van der Waals surface area contributed by atoms with Crippen LogP contribution in [0.3, 0.4) is 0 Å². The lowest BCUT2D eigenvalue weighted by Crippen LogP contribution is -2.05. The maximum atomic E-state index is 12.0. The maximum absolute atomic E-state index is 12.0. The van der Waals surface area contributed by atoms with E-state index in [-0.39, 0.29) is 4.88 Å². The van der Waals surface area contributed by atoms with Crippen LogP contribution >= 0.6 is 11.3 Å². The van der Waals surface area contributed by atoms with Crippen LogP contribution in [0, 0.1) is 6.92 Å². The van der Waals surface area contributed by atoms with Gasteiger partial charge in [-0.05, 0) is 18.9 Å². The van der Waals surface area contributed by atoms with Crippen molar-refractivity contribution in [3.8, 4) is 0 Å². The van der Waals surface area contributed by atoms with Gasteiger partial charge in [-0.1, -0.05) is 32.6 Å². The molecule has 0 aliphatic carbocycles. The average molecular weight is 309 g/mol. The molecule has 0 aliphatic heterocycles. The minimum atomic E-state index is -1.03. The van der Waals surface area contributed by atoms with Crippen molar-refractivity contribution in [3.05, 3.63) is 26.8 Å². The highest BCUT2D eigenvalue weighted by Gasteiger charge is 2.19. The molecule has 21 heavy (non-hydrogen) atoms. The normalized spacial score (nSPS) is 11.1. The van der Waals surface area contributed by atoms with E-state index >= 15 is 0 Å². The Morgan fingerprint density at radius 2 is 2.00 bits per heavy atom. The zero-order chi connectivity index (χ0) is 15.4.